The van der Waals surface area contributed by atoms with E-state index in [4.69, 9.17) is 15.2 Å². The van der Waals surface area contributed by atoms with E-state index in [2.05, 4.69) is 11.9 Å². The van der Waals surface area contributed by atoms with E-state index in [9.17, 15) is 19.2 Å². The molecule has 1 aliphatic carbocycles. The molecule has 196 valence electrons. The average molecular weight is 527 g/mol. The van der Waals surface area contributed by atoms with Crippen molar-refractivity contribution in [1.29, 1.82) is 0 Å². The quantitative estimate of drug-likeness (QED) is 0.408. The van der Waals surface area contributed by atoms with Crippen molar-refractivity contribution in [3.05, 3.63) is 78.1 Å². The number of rotatable bonds is 9. The first kappa shape index (κ1) is 26.4. The molecular formula is C26H30N4O6S. The number of amides is 1. The molecule has 1 aromatic carbocycles. The van der Waals surface area contributed by atoms with Crippen LogP contribution in [0.3, 0.4) is 0 Å². The fraction of sp³-hybridized carbons (Fsp3) is 0.385. The number of anilines is 2. The van der Waals surface area contributed by atoms with Crippen LogP contribution >= 0.6 is 11.3 Å². The van der Waals surface area contributed by atoms with Crippen LogP contribution in [-0.4, -0.2) is 48.3 Å². The average Bonchev–Trinajstić information content (AvgIpc) is 3.30. The standard InChI is InChI=1S/C26H30N4O6S/c1-16-8-9-19-18(12-16)13-20(37-19)25(33)36-15-21(31)29(10-11-35-2)22-23(27)30(26(34)28-24(22)32)14-17-6-4-3-5-7-17/h3-7,13,16H,8-12,14-15,27H2,1-2H3,(H,28,32,34)/t16-/m1/s1. The normalized spacial score (nSPS) is 14.7. The monoisotopic (exact) mass is 526 g/mol. The van der Waals surface area contributed by atoms with Crippen LogP contribution in [0, 0.1) is 5.92 Å². The molecule has 0 radical (unpaired) electrons. The fourth-order valence-electron chi connectivity index (χ4n) is 4.39. The van der Waals surface area contributed by atoms with Gasteiger partial charge < -0.3 is 15.2 Å². The van der Waals surface area contributed by atoms with Crippen molar-refractivity contribution >= 4 is 34.7 Å². The van der Waals surface area contributed by atoms with Crippen molar-refractivity contribution in [2.24, 2.45) is 5.92 Å². The highest BCUT2D eigenvalue weighted by molar-refractivity contribution is 7.14. The highest BCUT2D eigenvalue weighted by atomic mass is 32.1. The lowest BCUT2D eigenvalue weighted by Crippen LogP contribution is -2.44. The predicted octanol–water partition coefficient (Wildman–Crippen LogP) is 2.19. The molecule has 1 atom stereocenters. The Hall–Kier alpha value is -3.70. The van der Waals surface area contributed by atoms with Crippen molar-refractivity contribution in [2.75, 3.05) is 37.5 Å². The van der Waals surface area contributed by atoms with Crippen LogP contribution in [0.5, 0.6) is 0 Å². The van der Waals surface area contributed by atoms with Gasteiger partial charge >= 0.3 is 11.7 Å². The zero-order valence-electron chi connectivity index (χ0n) is 20.8. The van der Waals surface area contributed by atoms with E-state index in [0.29, 0.717) is 10.8 Å². The molecule has 0 saturated heterocycles. The molecule has 4 rings (SSSR count). The molecule has 0 fully saturated rings. The van der Waals surface area contributed by atoms with Crippen LogP contribution in [0.25, 0.3) is 0 Å². The number of nitrogen functional groups attached to an aromatic ring is 1. The van der Waals surface area contributed by atoms with E-state index in [1.165, 1.54) is 27.9 Å². The molecule has 10 nitrogen and oxygen atoms in total. The molecule has 2 heterocycles. The smallest absolute Gasteiger partial charge is 0.348 e. The number of nitrogens with zero attached hydrogens (tertiary/aromatic N) is 2. The maximum absolute atomic E-state index is 13.2. The third-order valence-corrected chi connectivity index (χ3v) is 7.56. The number of aryl methyl sites for hydroxylation is 1. The number of fused-ring (bicyclic) bond motifs is 1. The number of hydrogen-bond donors (Lipinski definition) is 2. The molecule has 11 heteroatoms. The van der Waals surface area contributed by atoms with Crippen molar-refractivity contribution in [1.82, 2.24) is 9.55 Å². The molecule has 2 aromatic heterocycles. The molecule has 37 heavy (non-hydrogen) atoms. The van der Waals surface area contributed by atoms with Crippen LogP contribution in [0.2, 0.25) is 0 Å². The molecular weight excluding hydrogens is 496 g/mol. The topological polar surface area (TPSA) is 137 Å². The molecule has 0 unspecified atom stereocenters. The van der Waals surface area contributed by atoms with Gasteiger partial charge in [0.1, 0.15) is 10.7 Å². The molecule has 1 amide bonds. The number of aromatic nitrogens is 2. The first-order valence-electron chi connectivity index (χ1n) is 12.0. The number of nitrogens with two attached hydrogens (primary N) is 1. The van der Waals surface area contributed by atoms with E-state index in [-0.39, 0.29) is 31.2 Å². The zero-order chi connectivity index (χ0) is 26.5. The molecule has 0 saturated carbocycles. The Morgan fingerprint density at radius 2 is 2.00 bits per heavy atom. The van der Waals surface area contributed by atoms with Crippen LogP contribution in [0.1, 0.15) is 39.0 Å². The largest absolute Gasteiger partial charge is 0.451 e. The summed E-state index contributed by atoms with van der Waals surface area (Å²) >= 11 is 1.39. The minimum absolute atomic E-state index is 0.0328. The second-order valence-corrected chi connectivity index (χ2v) is 10.2. The Morgan fingerprint density at radius 3 is 2.73 bits per heavy atom. The highest BCUT2D eigenvalue weighted by Gasteiger charge is 2.26. The van der Waals surface area contributed by atoms with Gasteiger partial charge in [0.25, 0.3) is 11.5 Å². The Balaban J connectivity index is 1.55. The molecule has 1 aliphatic rings. The van der Waals surface area contributed by atoms with Crippen LogP contribution in [0.15, 0.2) is 46.0 Å². The van der Waals surface area contributed by atoms with E-state index in [1.54, 1.807) is 0 Å². The first-order chi connectivity index (χ1) is 17.8. The maximum Gasteiger partial charge on any atom is 0.348 e. The van der Waals surface area contributed by atoms with Crippen molar-refractivity contribution in [3.63, 3.8) is 0 Å². The number of thiophene rings is 1. The third-order valence-electron chi connectivity index (χ3n) is 6.34. The Labute approximate surface area is 217 Å². The number of ether oxygens (including phenoxy) is 2. The van der Waals surface area contributed by atoms with Crippen molar-refractivity contribution in [2.45, 2.75) is 32.7 Å². The van der Waals surface area contributed by atoms with E-state index in [0.717, 1.165) is 35.3 Å². The minimum atomic E-state index is -0.817. The van der Waals surface area contributed by atoms with Crippen molar-refractivity contribution < 1.29 is 19.1 Å². The summed E-state index contributed by atoms with van der Waals surface area (Å²) in [5.41, 5.74) is 6.48. The third kappa shape index (κ3) is 6.00. The molecule has 0 spiro atoms. The van der Waals surface area contributed by atoms with Crippen LogP contribution < -0.4 is 21.9 Å². The lowest BCUT2D eigenvalue weighted by atomic mass is 9.90. The molecule has 3 aromatic rings. The summed E-state index contributed by atoms with van der Waals surface area (Å²) < 4.78 is 11.6. The predicted molar refractivity (Wildman–Crippen MR) is 141 cm³/mol. The number of H-pyrrole nitrogens is 1. The van der Waals surface area contributed by atoms with Gasteiger partial charge in [0, 0.05) is 18.5 Å². The number of aromatic amines is 1. The van der Waals surface area contributed by atoms with Gasteiger partial charge in [0.2, 0.25) is 0 Å². The number of carbonyl (C=O) groups is 2. The number of benzene rings is 1. The van der Waals surface area contributed by atoms with Crippen LogP contribution in [0.4, 0.5) is 11.5 Å². The molecule has 3 N–H and O–H groups in total. The van der Waals surface area contributed by atoms with Gasteiger partial charge in [-0.1, -0.05) is 37.3 Å². The first-order valence-corrected chi connectivity index (χ1v) is 12.8. The number of nitrogens with one attached hydrogen (secondary N) is 1. The van der Waals surface area contributed by atoms with E-state index in [1.807, 2.05) is 36.4 Å². The Bertz CT molecular complexity index is 1390. The van der Waals surface area contributed by atoms with Gasteiger partial charge in [-0.3, -0.25) is 24.0 Å². The summed E-state index contributed by atoms with van der Waals surface area (Å²) in [6.45, 7) is 1.74. The van der Waals surface area contributed by atoms with Gasteiger partial charge in [0.05, 0.1) is 13.2 Å². The highest BCUT2D eigenvalue weighted by Crippen LogP contribution is 2.32. The lowest BCUT2D eigenvalue weighted by Gasteiger charge is -2.24. The Kier molecular flexibility index (Phi) is 8.24. The Morgan fingerprint density at radius 1 is 1.24 bits per heavy atom. The lowest BCUT2D eigenvalue weighted by molar-refractivity contribution is -0.121. The van der Waals surface area contributed by atoms with Gasteiger partial charge in [-0.25, -0.2) is 9.59 Å². The molecule has 0 aliphatic heterocycles. The summed E-state index contributed by atoms with van der Waals surface area (Å²) in [6, 6.07) is 10.9. The summed E-state index contributed by atoms with van der Waals surface area (Å²) in [7, 11) is 1.45. The maximum atomic E-state index is 13.2. The van der Waals surface area contributed by atoms with Gasteiger partial charge in [0.15, 0.2) is 12.3 Å². The van der Waals surface area contributed by atoms with Crippen LogP contribution in [-0.2, 0) is 33.7 Å². The SMILES string of the molecule is COCCN(C(=O)COC(=O)c1cc2c(s1)CC[C@@H](C)C2)c1c(N)n(Cc2ccccc2)c(=O)[nH]c1=O. The summed E-state index contributed by atoms with van der Waals surface area (Å²) in [4.78, 5) is 56.2. The van der Waals surface area contributed by atoms with E-state index >= 15 is 0 Å². The summed E-state index contributed by atoms with van der Waals surface area (Å²) in [6.07, 6.45) is 2.93. The molecule has 0 bridgehead atoms. The number of esters is 1. The zero-order valence-corrected chi connectivity index (χ0v) is 21.6. The van der Waals surface area contributed by atoms with Crippen molar-refractivity contribution in [3.8, 4) is 0 Å². The minimum Gasteiger partial charge on any atom is -0.451 e. The fourth-order valence-corrected chi connectivity index (χ4v) is 5.49. The van der Waals surface area contributed by atoms with Gasteiger partial charge in [-0.05, 0) is 42.4 Å². The number of hydrogen-bond acceptors (Lipinski definition) is 8. The van der Waals surface area contributed by atoms with Gasteiger partial charge in [-0.2, -0.15) is 0 Å². The second kappa shape index (κ2) is 11.6. The number of methoxy groups -OCH3 is 1. The van der Waals surface area contributed by atoms with Gasteiger partial charge in [-0.15, -0.1) is 11.3 Å². The second-order valence-electron chi connectivity index (χ2n) is 9.09. The number of carbonyl (C=O) groups excluding carboxylic acids is 2. The summed E-state index contributed by atoms with van der Waals surface area (Å²) in [5.74, 6) is -0.866. The van der Waals surface area contributed by atoms with E-state index < -0.39 is 29.7 Å². The summed E-state index contributed by atoms with van der Waals surface area (Å²) in [5, 5.41) is 0.